The number of carbonyl (C=O) groups excluding carboxylic acids is 1. The van der Waals surface area contributed by atoms with Crippen molar-refractivity contribution in [1.82, 2.24) is 15.0 Å². The van der Waals surface area contributed by atoms with Gasteiger partial charge in [0.05, 0.1) is 29.7 Å². The molecule has 1 aliphatic rings. The first-order valence-corrected chi connectivity index (χ1v) is 10.8. The molecule has 2 aromatic rings. The Morgan fingerprint density at radius 3 is 2.60 bits per heavy atom. The van der Waals surface area contributed by atoms with Gasteiger partial charge < -0.3 is 0 Å². The summed E-state index contributed by atoms with van der Waals surface area (Å²) >= 11 is 1.51. The van der Waals surface area contributed by atoms with Crippen LogP contribution in [0.15, 0.2) is 35.7 Å². The third kappa shape index (κ3) is 4.26. The summed E-state index contributed by atoms with van der Waals surface area (Å²) in [5, 5.41) is 6.01. The van der Waals surface area contributed by atoms with Crippen molar-refractivity contribution in [3.05, 3.63) is 41.4 Å². The van der Waals surface area contributed by atoms with Gasteiger partial charge in [-0.3, -0.25) is 9.80 Å². The molecule has 1 amide bonds. The van der Waals surface area contributed by atoms with E-state index in [1.807, 2.05) is 35.7 Å². The number of amides is 1. The number of aromatic nitrogens is 1. The smallest absolute Gasteiger partial charge is 0.243 e. The Morgan fingerprint density at radius 1 is 1.28 bits per heavy atom. The van der Waals surface area contributed by atoms with E-state index in [2.05, 4.69) is 4.98 Å². The molecule has 1 unspecified atom stereocenters. The van der Waals surface area contributed by atoms with Gasteiger partial charge >= 0.3 is 0 Å². The van der Waals surface area contributed by atoms with E-state index in [0.29, 0.717) is 12.1 Å². The van der Waals surface area contributed by atoms with Crippen molar-refractivity contribution in [3.8, 4) is 10.6 Å². The number of hydrogen-bond acceptors (Lipinski definition) is 6. The number of benzene rings is 1. The van der Waals surface area contributed by atoms with Crippen molar-refractivity contribution in [2.75, 3.05) is 25.6 Å². The molecule has 3 rings (SSSR count). The molecule has 6 nitrogen and oxygen atoms in total. The molecular formula is C17H21N3O3S2. The van der Waals surface area contributed by atoms with Crippen LogP contribution in [0.4, 0.5) is 0 Å². The maximum absolute atomic E-state index is 12.8. The van der Waals surface area contributed by atoms with Crippen molar-refractivity contribution in [2.24, 2.45) is 0 Å². The Balaban J connectivity index is 1.73. The van der Waals surface area contributed by atoms with Crippen LogP contribution in [0, 0.1) is 0 Å². The summed E-state index contributed by atoms with van der Waals surface area (Å²) in [6.07, 6.45) is 0.649. The molecule has 1 aromatic heterocycles. The maximum Gasteiger partial charge on any atom is 0.243 e. The average Bonchev–Trinajstić information content (AvgIpc) is 3.14. The predicted octanol–water partition coefficient (Wildman–Crippen LogP) is 1.84. The van der Waals surface area contributed by atoms with Crippen LogP contribution in [-0.2, 0) is 21.1 Å². The highest BCUT2D eigenvalue weighted by molar-refractivity contribution is 7.91. The first-order valence-electron chi connectivity index (χ1n) is 8.05. The maximum atomic E-state index is 12.8. The van der Waals surface area contributed by atoms with Crippen LogP contribution in [0.25, 0.3) is 10.6 Å². The van der Waals surface area contributed by atoms with Gasteiger partial charge in [-0.25, -0.2) is 18.4 Å². The topological polar surface area (TPSA) is 70.6 Å². The molecule has 0 radical (unpaired) electrons. The minimum atomic E-state index is -3.05. The van der Waals surface area contributed by atoms with Gasteiger partial charge in [0, 0.05) is 25.0 Å². The van der Waals surface area contributed by atoms with Crippen LogP contribution in [-0.4, -0.2) is 61.0 Å². The molecule has 0 aliphatic carbocycles. The standard InChI is InChI=1S/C17H21N3O3S2/c1-19(2)20(15-8-9-25(22,23)12-15)16(21)10-14-11-24-17(18-14)13-6-4-3-5-7-13/h3-7,11,15H,8-10,12H2,1-2H3. The van der Waals surface area contributed by atoms with Gasteiger partial charge in [0.25, 0.3) is 0 Å². The fourth-order valence-corrected chi connectivity index (χ4v) is 5.58. The molecule has 0 N–H and O–H groups in total. The zero-order chi connectivity index (χ0) is 18.0. The first-order chi connectivity index (χ1) is 11.9. The average molecular weight is 380 g/mol. The Bertz CT molecular complexity index is 847. The summed E-state index contributed by atoms with van der Waals surface area (Å²) in [7, 11) is 0.480. The number of hydrazine groups is 1. The molecule has 0 saturated carbocycles. The number of thiazole rings is 1. The SMILES string of the molecule is CN(C)N(C(=O)Cc1csc(-c2ccccc2)n1)C1CCS(=O)(=O)C1. The molecule has 25 heavy (non-hydrogen) atoms. The van der Waals surface area contributed by atoms with Crippen molar-refractivity contribution in [1.29, 1.82) is 0 Å². The summed E-state index contributed by atoms with van der Waals surface area (Å²) < 4.78 is 23.5. The number of hydrogen-bond donors (Lipinski definition) is 0. The molecule has 1 aliphatic heterocycles. The number of carbonyl (C=O) groups is 1. The second kappa shape index (κ2) is 7.23. The second-order valence-electron chi connectivity index (χ2n) is 6.33. The van der Waals surface area contributed by atoms with Gasteiger partial charge in [0.1, 0.15) is 5.01 Å². The Hall–Kier alpha value is -1.77. The molecule has 1 fully saturated rings. The third-order valence-corrected chi connectivity index (χ3v) is 6.84. The van der Waals surface area contributed by atoms with Crippen LogP contribution < -0.4 is 0 Å². The number of sulfone groups is 1. The van der Waals surface area contributed by atoms with Gasteiger partial charge in [-0.2, -0.15) is 0 Å². The quantitative estimate of drug-likeness (QED) is 0.742. The summed E-state index contributed by atoms with van der Waals surface area (Å²) in [6.45, 7) is 0. The minimum absolute atomic E-state index is 0.0310. The van der Waals surface area contributed by atoms with Gasteiger partial charge in [0.15, 0.2) is 9.84 Å². The molecule has 0 bridgehead atoms. The van der Waals surface area contributed by atoms with Crippen LogP contribution in [0.5, 0.6) is 0 Å². The first kappa shape index (κ1) is 18.0. The van der Waals surface area contributed by atoms with Crippen LogP contribution >= 0.6 is 11.3 Å². The summed E-state index contributed by atoms with van der Waals surface area (Å²) in [4.78, 5) is 17.3. The van der Waals surface area contributed by atoms with Gasteiger partial charge in [-0.05, 0) is 6.42 Å². The summed E-state index contributed by atoms with van der Waals surface area (Å²) in [5.74, 6) is 0.0462. The largest absolute Gasteiger partial charge is 0.273 e. The fraction of sp³-hybridized carbons (Fsp3) is 0.412. The van der Waals surface area contributed by atoms with E-state index in [-0.39, 0.29) is 29.9 Å². The lowest BCUT2D eigenvalue weighted by molar-refractivity contribution is -0.148. The van der Waals surface area contributed by atoms with E-state index in [9.17, 15) is 13.2 Å². The van der Waals surface area contributed by atoms with Crippen LogP contribution in [0.3, 0.4) is 0 Å². The van der Waals surface area contributed by atoms with Gasteiger partial charge in [-0.1, -0.05) is 30.3 Å². The van der Waals surface area contributed by atoms with E-state index in [0.717, 1.165) is 10.6 Å². The van der Waals surface area contributed by atoms with Crippen molar-refractivity contribution >= 4 is 27.1 Å². The predicted molar refractivity (Wildman–Crippen MR) is 98.8 cm³/mol. The monoisotopic (exact) mass is 379 g/mol. The van der Waals surface area contributed by atoms with Crippen LogP contribution in [0.1, 0.15) is 12.1 Å². The van der Waals surface area contributed by atoms with E-state index < -0.39 is 9.84 Å². The molecule has 2 heterocycles. The number of nitrogens with zero attached hydrogens (tertiary/aromatic N) is 3. The zero-order valence-electron chi connectivity index (χ0n) is 14.3. The molecule has 1 saturated heterocycles. The summed E-state index contributed by atoms with van der Waals surface area (Å²) in [5.41, 5.74) is 1.74. The van der Waals surface area contributed by atoms with E-state index in [1.165, 1.54) is 11.3 Å². The molecule has 1 atom stereocenters. The Morgan fingerprint density at radius 2 is 2.00 bits per heavy atom. The molecular weight excluding hydrogens is 358 g/mol. The molecule has 134 valence electrons. The normalized spacial score (nSPS) is 19.2. The highest BCUT2D eigenvalue weighted by atomic mass is 32.2. The fourth-order valence-electron chi connectivity index (χ4n) is 3.06. The van der Waals surface area contributed by atoms with E-state index in [4.69, 9.17) is 0 Å². The summed E-state index contributed by atoms with van der Waals surface area (Å²) in [6, 6.07) is 9.54. The lowest BCUT2D eigenvalue weighted by Crippen LogP contribution is -2.50. The lowest BCUT2D eigenvalue weighted by atomic mass is 10.2. The Labute approximate surface area is 152 Å². The van der Waals surface area contributed by atoms with E-state index >= 15 is 0 Å². The van der Waals surface area contributed by atoms with E-state index in [1.54, 1.807) is 24.1 Å². The highest BCUT2D eigenvalue weighted by Crippen LogP contribution is 2.24. The molecule has 1 aromatic carbocycles. The molecule has 8 heteroatoms. The highest BCUT2D eigenvalue weighted by Gasteiger charge is 2.36. The zero-order valence-corrected chi connectivity index (χ0v) is 15.9. The molecule has 0 spiro atoms. The minimum Gasteiger partial charge on any atom is -0.273 e. The Kier molecular flexibility index (Phi) is 5.21. The lowest BCUT2D eigenvalue weighted by Gasteiger charge is -2.33. The van der Waals surface area contributed by atoms with Gasteiger partial charge in [-0.15, -0.1) is 11.3 Å². The van der Waals surface area contributed by atoms with Crippen molar-refractivity contribution in [3.63, 3.8) is 0 Å². The third-order valence-electron chi connectivity index (χ3n) is 4.15. The van der Waals surface area contributed by atoms with Crippen LogP contribution in [0.2, 0.25) is 0 Å². The van der Waals surface area contributed by atoms with Crippen molar-refractivity contribution < 1.29 is 13.2 Å². The van der Waals surface area contributed by atoms with Gasteiger partial charge in [0.2, 0.25) is 5.91 Å². The second-order valence-corrected chi connectivity index (χ2v) is 9.42. The van der Waals surface area contributed by atoms with Crippen molar-refractivity contribution in [2.45, 2.75) is 18.9 Å². The number of rotatable bonds is 5.